The summed E-state index contributed by atoms with van der Waals surface area (Å²) in [4.78, 5) is 107. The van der Waals surface area contributed by atoms with E-state index in [0.29, 0.717) is 108 Å². The quantitative estimate of drug-likeness (QED) is 0.0280. The van der Waals surface area contributed by atoms with Gasteiger partial charge < -0.3 is 79.8 Å². The molecule has 0 unspecified atom stereocenters. The van der Waals surface area contributed by atoms with Gasteiger partial charge in [-0.25, -0.2) is 29.9 Å². The molecule has 4 fully saturated rings. The van der Waals surface area contributed by atoms with Gasteiger partial charge in [0.05, 0.1) is 187 Å². The number of carbonyl (C=O) groups is 4. The number of nitrogens with two attached hydrogens (primary N) is 1. The number of carbonyl (C=O) groups excluding carboxylic acids is 4. The zero-order chi connectivity index (χ0) is 93.3. The molecule has 0 spiro atoms. The SMILES string of the molecule is COc1cc(N)c(C)cc1C(=O)Nc1cn[nH]c1-c1nc2ccc(CN3CCOCC3)cc2[nH]1.COc1nc(C)cc(C)c1C(=O)Nc1cn[nH]c1-c1nc2ccc(CN3CCOCC3)cc2[nH]1.Cc1oc2c(c1C(=O)Nc1cn[nH]c1-c1nc3ccc(CN4CCOCC4)cc3[nH]1)CCCC2.O=C(Nc1cn[nH]c1-c1nc2ccc(CN3CCOCC3)cc2[nH]1)c1cnc2ccccc2n1. The second kappa shape index (κ2) is 40.7. The molecule has 136 heavy (non-hydrogen) atoms. The van der Waals surface area contributed by atoms with Gasteiger partial charge >= 0.3 is 0 Å². The molecule has 698 valence electrons. The molecule has 11 aromatic heterocycles. The van der Waals surface area contributed by atoms with Crippen molar-refractivity contribution in [1.29, 1.82) is 0 Å². The maximum absolute atomic E-state index is 13.2. The van der Waals surface area contributed by atoms with E-state index >= 15 is 0 Å². The second-order valence-corrected chi connectivity index (χ2v) is 34.0. The van der Waals surface area contributed by atoms with Crippen LogP contribution in [-0.4, -0.2) is 258 Å². The van der Waals surface area contributed by atoms with Crippen LogP contribution in [0.2, 0.25) is 0 Å². The highest BCUT2D eigenvalue weighted by atomic mass is 16.5. The number of methoxy groups -OCH3 is 2. The summed E-state index contributed by atoms with van der Waals surface area (Å²) < 4.78 is 38.3. The molecule has 4 amide bonds. The summed E-state index contributed by atoms with van der Waals surface area (Å²) in [6, 6.07) is 37.5. The lowest BCUT2D eigenvalue weighted by atomic mass is 9.94. The molecule has 22 rings (SSSR count). The highest BCUT2D eigenvalue weighted by Crippen LogP contribution is 2.37. The molecule has 14 N–H and O–H groups in total. The van der Waals surface area contributed by atoms with Crippen LogP contribution in [0.4, 0.5) is 28.4 Å². The number of fused-ring (bicyclic) bond motifs is 6. The first-order valence-corrected chi connectivity index (χ1v) is 45.3. The fourth-order valence-electron chi connectivity index (χ4n) is 17.5. The van der Waals surface area contributed by atoms with Gasteiger partial charge in [-0.1, -0.05) is 36.4 Å². The minimum absolute atomic E-state index is 0.170. The molecule has 6 aromatic carbocycles. The molecule has 4 aliphatic heterocycles. The molecule has 0 bridgehead atoms. The minimum atomic E-state index is -0.371. The summed E-state index contributed by atoms with van der Waals surface area (Å²) in [6.45, 7) is 24.6. The minimum Gasteiger partial charge on any atom is -0.496 e. The molecular formula is C97H104N28O11. The van der Waals surface area contributed by atoms with E-state index < -0.39 is 0 Å². The summed E-state index contributed by atoms with van der Waals surface area (Å²) in [7, 11) is 3.01. The normalized spacial score (nSPS) is 15.0. The van der Waals surface area contributed by atoms with E-state index in [-0.39, 0.29) is 35.2 Å². The average Bonchev–Trinajstić information content (AvgIpc) is 1.56. The van der Waals surface area contributed by atoms with E-state index in [1.165, 1.54) is 42.7 Å². The van der Waals surface area contributed by atoms with Gasteiger partial charge in [-0.2, -0.15) is 20.4 Å². The van der Waals surface area contributed by atoms with E-state index in [9.17, 15) is 19.2 Å². The lowest BCUT2D eigenvalue weighted by Gasteiger charge is -2.26. The number of nitrogens with one attached hydrogen (secondary N) is 12. The van der Waals surface area contributed by atoms with E-state index in [0.717, 1.165) is 235 Å². The number of para-hydroxylation sites is 2. The van der Waals surface area contributed by atoms with Crippen LogP contribution < -0.4 is 36.5 Å². The van der Waals surface area contributed by atoms with Crippen molar-refractivity contribution in [2.45, 2.75) is 79.6 Å². The predicted octanol–water partition coefficient (Wildman–Crippen LogP) is 12.8. The number of ether oxygens (including phenoxy) is 6. The van der Waals surface area contributed by atoms with Crippen LogP contribution in [0.15, 0.2) is 151 Å². The van der Waals surface area contributed by atoms with E-state index in [1.807, 2.05) is 82.3 Å². The van der Waals surface area contributed by atoms with E-state index in [2.05, 4.69) is 170 Å². The Morgan fingerprint density at radius 3 is 1.21 bits per heavy atom. The van der Waals surface area contributed by atoms with Crippen molar-refractivity contribution in [3.8, 4) is 57.7 Å². The topological polar surface area (TPSA) is 492 Å². The van der Waals surface area contributed by atoms with Crippen molar-refractivity contribution in [3.63, 3.8) is 0 Å². The molecule has 5 aliphatic rings. The van der Waals surface area contributed by atoms with Crippen molar-refractivity contribution in [2.75, 3.05) is 146 Å². The highest BCUT2D eigenvalue weighted by Gasteiger charge is 2.30. The number of furan rings is 1. The molecule has 0 radical (unpaired) electrons. The number of nitrogen functional groups attached to an aromatic ring is 1. The number of nitrogens with zero attached hydrogens (tertiary/aromatic N) is 15. The number of rotatable bonds is 22. The van der Waals surface area contributed by atoms with Gasteiger partial charge in [-0.15, -0.1) is 0 Å². The smallest absolute Gasteiger partial charge is 0.275 e. The molecule has 1 aliphatic carbocycles. The maximum atomic E-state index is 13.2. The highest BCUT2D eigenvalue weighted by molar-refractivity contribution is 6.10. The summed E-state index contributed by atoms with van der Waals surface area (Å²) in [5.41, 5.74) is 29.4. The second-order valence-electron chi connectivity index (χ2n) is 34.0. The number of H-pyrrole nitrogens is 8. The van der Waals surface area contributed by atoms with Crippen molar-refractivity contribution >= 4 is 107 Å². The van der Waals surface area contributed by atoms with Crippen LogP contribution in [0, 0.1) is 27.7 Å². The van der Waals surface area contributed by atoms with Gasteiger partial charge in [0.25, 0.3) is 23.6 Å². The summed E-state index contributed by atoms with van der Waals surface area (Å²) in [5, 5.41) is 40.0. The molecular weight excluding hydrogens is 1730 g/mol. The van der Waals surface area contributed by atoms with Crippen molar-refractivity contribution < 1.29 is 52.0 Å². The standard InChI is InChI=1S/C25H28N6O3.C24H22N8O2.2C24H27N7O3/c1-15-22(17-4-2-3-5-21(17)34-15)25(32)29-20-13-26-30-23(20)24-27-18-7-6-16(12-19(18)28-24)14-31-8-10-33-11-9-31;33-24(21-12-25-16-3-1-2-4-17(16)27-21)30-20-13-26-31-22(20)23-28-18-6-5-15(11-19(18)29-23)14-32-7-9-34-10-8-32;1-14-10-15(2)26-24(33-3)20(14)23(32)29-19-12-25-30-21(19)22-27-17-5-4-16(11-18(17)28-22)13-31-6-8-34-9-7-31;1-14-9-16(21(33-2)11-17(14)25)24(32)29-20-12-26-30-22(20)23-27-18-4-3-15(10-19(18)28-23)13-31-5-7-34-8-6-31/h6-7,12-13H,2-5,8-11,14H2,1H3,(H,26,30)(H,27,28)(H,29,32);1-6,11-13H,7-10,14H2,(H,26,31)(H,28,29)(H,30,33);4-5,10-12H,6-9,13H2,1-3H3,(H,25,30)(H,27,28)(H,29,32);3-4,9-12H,5-8,13,25H2,1-2H3,(H,26,30)(H,27,28)(H,29,32). The molecule has 0 saturated carbocycles. The van der Waals surface area contributed by atoms with Crippen LogP contribution in [0.1, 0.15) is 111 Å². The Morgan fingerprint density at radius 1 is 0.404 bits per heavy atom. The van der Waals surface area contributed by atoms with Crippen LogP contribution >= 0.6 is 0 Å². The van der Waals surface area contributed by atoms with Gasteiger partial charge in [0.15, 0.2) is 23.3 Å². The lowest BCUT2D eigenvalue weighted by Crippen LogP contribution is -2.35. The molecule has 39 nitrogen and oxygen atoms in total. The number of hydrogen-bond donors (Lipinski definition) is 13. The number of aromatic nitrogens is 19. The average molecular weight is 1840 g/mol. The van der Waals surface area contributed by atoms with Crippen LogP contribution in [0.5, 0.6) is 11.6 Å². The first-order chi connectivity index (χ1) is 66.4. The Balaban J connectivity index is 0.000000116. The Bertz CT molecular complexity index is 7190. The Hall–Kier alpha value is -15.2. The number of pyridine rings is 1. The van der Waals surface area contributed by atoms with Crippen molar-refractivity contribution in [2.24, 2.45) is 0 Å². The molecule has 17 aromatic rings. The van der Waals surface area contributed by atoms with Gasteiger partial charge in [0, 0.05) is 108 Å². The van der Waals surface area contributed by atoms with E-state index in [1.54, 1.807) is 36.9 Å². The van der Waals surface area contributed by atoms with Crippen LogP contribution in [-0.2, 0) is 58.0 Å². The zero-order valence-electron chi connectivity index (χ0n) is 76.1. The number of amides is 4. The Kier molecular flexibility index (Phi) is 26.9. The molecule has 4 saturated heterocycles. The first kappa shape index (κ1) is 90.0. The van der Waals surface area contributed by atoms with Crippen molar-refractivity contribution in [3.05, 3.63) is 225 Å². The van der Waals surface area contributed by atoms with E-state index in [4.69, 9.17) is 53.5 Å². The first-order valence-electron chi connectivity index (χ1n) is 45.3. The van der Waals surface area contributed by atoms with Gasteiger partial charge in [-0.3, -0.25) is 64.2 Å². The predicted molar refractivity (Wildman–Crippen MR) is 513 cm³/mol. The maximum Gasteiger partial charge on any atom is 0.275 e. The van der Waals surface area contributed by atoms with Gasteiger partial charge in [-0.05, 0) is 153 Å². The summed E-state index contributed by atoms with van der Waals surface area (Å²) in [6.07, 6.45) is 11.7. The monoisotopic (exact) mass is 1840 g/mol. The number of hydrogen-bond acceptors (Lipinski definition) is 27. The van der Waals surface area contributed by atoms with Crippen LogP contribution in [0.25, 0.3) is 101 Å². The third kappa shape index (κ3) is 20.5. The molecule has 0 atom stereocenters. The fraction of sp³-hybridized carbons (Fsp3) is 0.309. The number of imidazole rings is 4. The fourth-order valence-corrected chi connectivity index (χ4v) is 17.5. The third-order valence-electron chi connectivity index (χ3n) is 24.5. The van der Waals surface area contributed by atoms with Crippen molar-refractivity contribution in [1.82, 2.24) is 115 Å². The number of aryl methyl sites for hydroxylation is 5. The Morgan fingerprint density at radius 2 is 0.794 bits per heavy atom. The molecule has 39 heteroatoms. The summed E-state index contributed by atoms with van der Waals surface area (Å²) in [5.74, 6) is 3.54. The lowest BCUT2D eigenvalue weighted by molar-refractivity contribution is 0.0341. The summed E-state index contributed by atoms with van der Waals surface area (Å²) >= 11 is 0. The van der Waals surface area contributed by atoms with Crippen LogP contribution in [0.3, 0.4) is 0 Å². The largest absolute Gasteiger partial charge is 0.496 e. The molecule has 15 heterocycles. The number of aromatic amines is 8. The van der Waals surface area contributed by atoms with Gasteiger partial charge in [0.2, 0.25) is 5.88 Å². The number of anilines is 5. The number of morpholine rings is 4. The Labute approximate surface area is 779 Å². The number of benzene rings is 6. The third-order valence-corrected chi connectivity index (χ3v) is 24.5. The zero-order valence-corrected chi connectivity index (χ0v) is 76.1. The van der Waals surface area contributed by atoms with Gasteiger partial charge in [0.1, 0.15) is 51.3 Å².